The maximum atomic E-state index is 3.98. The molecule has 0 amide bonds. The van der Waals surface area contributed by atoms with Crippen molar-refractivity contribution in [3.63, 3.8) is 0 Å². The first-order valence-corrected chi connectivity index (χ1v) is 16.6. The number of H-pyrrole nitrogens is 3. The van der Waals surface area contributed by atoms with Gasteiger partial charge in [-0.25, -0.2) is 19.9 Å². The topological polar surface area (TPSA) is 143 Å². The number of hydrogen-bond acceptors (Lipinski definition) is 7. The Bertz CT molecular complexity index is 1530. The van der Waals surface area contributed by atoms with Crippen LogP contribution in [-0.4, -0.2) is 54.4 Å². The predicted octanol–water partition coefficient (Wildman–Crippen LogP) is 8.74. The standard InChI is InChI=1S/C7H8.3C6H7N.4C4H6N2/c1-7-5-3-2-4-6-7;1-6-2-4-7-5-3-6;1-6-3-2-4-7-5-6;1-6-4-2-3-5-7-6;2*1-4-2-5-3-6-4;1-6-3-2-5-4-6;1-4-5-2-3-6-4/h2-6H,1H3;3*2-5H,1H3;2*2-3H,1H3,(H,5,6);2-4H,1H3;2-3H,1H3,(H,5,6). The van der Waals surface area contributed by atoms with Gasteiger partial charge in [-0.15, -0.1) is 0 Å². The zero-order valence-electron chi connectivity index (χ0n) is 31.6. The number of nitrogens with zero attached hydrogens (tertiary/aromatic N) is 8. The molecule has 3 N–H and O–H groups in total. The second-order valence-corrected chi connectivity index (χ2v) is 11.1. The Hall–Kier alpha value is -6.49. The van der Waals surface area contributed by atoms with E-state index in [-0.39, 0.29) is 0 Å². The number of aromatic nitrogens is 11. The van der Waals surface area contributed by atoms with Gasteiger partial charge < -0.3 is 19.5 Å². The molecule has 8 aromatic rings. The fourth-order valence-electron chi connectivity index (χ4n) is 3.18. The monoisotopic (exact) mass is 699 g/mol. The average Bonchev–Trinajstić information content (AvgIpc) is 4.01. The first-order valence-electron chi connectivity index (χ1n) is 16.6. The van der Waals surface area contributed by atoms with Gasteiger partial charge in [0.1, 0.15) is 5.82 Å². The molecule has 7 aromatic heterocycles. The fraction of sp³-hybridized carbons (Fsp3) is 0.195. The summed E-state index contributed by atoms with van der Waals surface area (Å²) in [5, 5.41) is 0. The van der Waals surface area contributed by atoms with Crippen LogP contribution >= 0.6 is 0 Å². The van der Waals surface area contributed by atoms with E-state index >= 15 is 0 Å². The van der Waals surface area contributed by atoms with E-state index in [1.54, 1.807) is 74.8 Å². The molecule has 1 aromatic carbocycles. The number of aryl methyl sites for hydroxylation is 8. The van der Waals surface area contributed by atoms with Crippen LogP contribution < -0.4 is 0 Å². The molecule has 0 fully saturated rings. The Morgan fingerprint density at radius 2 is 1.08 bits per heavy atom. The van der Waals surface area contributed by atoms with Crippen LogP contribution in [0.5, 0.6) is 0 Å². The van der Waals surface area contributed by atoms with E-state index in [1.165, 1.54) is 16.7 Å². The molecule has 0 aliphatic heterocycles. The second kappa shape index (κ2) is 29.4. The number of imidazole rings is 4. The molecule has 7 heterocycles. The van der Waals surface area contributed by atoms with E-state index in [0.717, 1.165) is 22.9 Å². The molecule has 0 radical (unpaired) electrons. The van der Waals surface area contributed by atoms with Crippen LogP contribution in [0.25, 0.3) is 0 Å². The molecule has 0 aliphatic rings. The lowest BCUT2D eigenvalue weighted by Crippen LogP contribution is -1.76. The summed E-state index contributed by atoms with van der Waals surface area (Å²) in [5.41, 5.74) is 7.08. The largest absolute Gasteiger partial charge is 0.349 e. The average molecular weight is 700 g/mol. The highest BCUT2D eigenvalue weighted by atomic mass is 15.0. The summed E-state index contributed by atoms with van der Waals surface area (Å²) >= 11 is 0. The van der Waals surface area contributed by atoms with Crippen LogP contribution in [0.3, 0.4) is 0 Å². The Balaban J connectivity index is 0.000000297. The molecular weight excluding hydrogens is 647 g/mol. The van der Waals surface area contributed by atoms with Crippen LogP contribution in [0.1, 0.15) is 39.6 Å². The van der Waals surface area contributed by atoms with E-state index in [2.05, 4.69) is 68.9 Å². The molecule has 0 saturated heterocycles. The minimum absolute atomic E-state index is 0.968. The van der Waals surface area contributed by atoms with Gasteiger partial charge in [0.2, 0.25) is 0 Å². The van der Waals surface area contributed by atoms with Gasteiger partial charge in [-0.05, 0) is 89.9 Å². The van der Waals surface area contributed by atoms with Gasteiger partial charge in [0.15, 0.2) is 0 Å². The quantitative estimate of drug-likeness (QED) is 0.144. The Labute approximate surface area is 308 Å². The van der Waals surface area contributed by atoms with E-state index in [4.69, 9.17) is 0 Å². The lowest BCUT2D eigenvalue weighted by Gasteiger charge is -1.82. The van der Waals surface area contributed by atoms with Crippen LogP contribution in [0.15, 0.2) is 160 Å². The molecule has 0 aliphatic carbocycles. The highest BCUT2D eigenvalue weighted by Gasteiger charge is 1.77. The molecule has 52 heavy (non-hydrogen) atoms. The predicted molar refractivity (Wildman–Crippen MR) is 211 cm³/mol. The van der Waals surface area contributed by atoms with E-state index in [1.807, 2.05) is 126 Å². The molecule has 11 nitrogen and oxygen atoms in total. The zero-order valence-corrected chi connectivity index (χ0v) is 31.6. The van der Waals surface area contributed by atoms with Gasteiger partial charge in [0, 0.05) is 92.3 Å². The number of nitrogens with one attached hydrogen (secondary N) is 3. The van der Waals surface area contributed by atoms with Crippen molar-refractivity contribution >= 4 is 0 Å². The number of benzene rings is 1. The molecule has 0 atom stereocenters. The Kier molecular flexibility index (Phi) is 24.6. The molecular formula is C41H53N11. The van der Waals surface area contributed by atoms with Crippen LogP contribution in [-0.2, 0) is 7.05 Å². The molecule has 0 saturated carbocycles. The van der Waals surface area contributed by atoms with E-state index < -0.39 is 0 Å². The number of aromatic amines is 3. The van der Waals surface area contributed by atoms with Gasteiger partial charge in [-0.1, -0.05) is 48.0 Å². The number of rotatable bonds is 0. The summed E-state index contributed by atoms with van der Waals surface area (Å²) in [7, 11) is 1.94. The Morgan fingerprint density at radius 1 is 0.462 bits per heavy atom. The van der Waals surface area contributed by atoms with Crippen molar-refractivity contribution in [3.8, 4) is 0 Å². The second-order valence-electron chi connectivity index (χ2n) is 11.1. The maximum Gasteiger partial charge on any atom is 0.102 e. The highest BCUT2D eigenvalue weighted by Crippen LogP contribution is 1.92. The summed E-state index contributed by atoms with van der Waals surface area (Å²) in [6, 6.07) is 24.0. The third kappa shape index (κ3) is 27.5. The lowest BCUT2D eigenvalue weighted by atomic mass is 10.2. The van der Waals surface area contributed by atoms with E-state index in [9.17, 15) is 0 Å². The third-order valence-corrected chi connectivity index (χ3v) is 5.95. The van der Waals surface area contributed by atoms with Crippen molar-refractivity contribution in [2.75, 3.05) is 0 Å². The van der Waals surface area contributed by atoms with Crippen molar-refractivity contribution in [3.05, 3.63) is 200 Å². The van der Waals surface area contributed by atoms with Crippen LogP contribution in [0.2, 0.25) is 0 Å². The smallest absolute Gasteiger partial charge is 0.102 e. The van der Waals surface area contributed by atoms with Gasteiger partial charge in [-0.3, -0.25) is 15.0 Å². The first-order chi connectivity index (χ1) is 25.2. The summed E-state index contributed by atoms with van der Waals surface area (Å²) in [6.07, 6.45) is 24.8. The van der Waals surface area contributed by atoms with Crippen molar-refractivity contribution in [2.24, 2.45) is 7.05 Å². The highest BCUT2D eigenvalue weighted by molar-refractivity contribution is 5.11. The first kappa shape index (κ1) is 43.5. The number of hydrogen-bond donors (Lipinski definition) is 3. The molecule has 8 rings (SSSR count). The molecule has 272 valence electrons. The van der Waals surface area contributed by atoms with Crippen LogP contribution in [0, 0.1) is 48.5 Å². The lowest BCUT2D eigenvalue weighted by molar-refractivity contribution is 0.913. The summed E-state index contributed by atoms with van der Waals surface area (Å²) in [6.45, 7) is 14.0. The van der Waals surface area contributed by atoms with Crippen molar-refractivity contribution in [1.29, 1.82) is 0 Å². The minimum atomic E-state index is 0.968. The molecule has 11 heteroatoms. The van der Waals surface area contributed by atoms with E-state index in [0.29, 0.717) is 0 Å². The zero-order chi connectivity index (χ0) is 38.1. The van der Waals surface area contributed by atoms with Crippen molar-refractivity contribution in [1.82, 2.24) is 54.4 Å². The molecule has 0 bridgehead atoms. The van der Waals surface area contributed by atoms with Crippen molar-refractivity contribution < 1.29 is 0 Å². The number of pyridine rings is 3. The SMILES string of the molecule is Cc1ccccc1.Cc1ccccn1.Cc1cccnc1.Cc1ccncc1.Cc1cnc[nH]1.Cc1cnc[nH]1.Cc1ncc[nH]1.Cn1ccnc1. The fourth-order valence-corrected chi connectivity index (χ4v) is 3.18. The molecule has 0 unspecified atom stereocenters. The van der Waals surface area contributed by atoms with Crippen molar-refractivity contribution in [2.45, 2.75) is 48.5 Å². The molecule has 0 spiro atoms. The summed E-state index contributed by atoms with van der Waals surface area (Å²) in [4.78, 5) is 35.6. The normalized spacial score (nSPS) is 8.77. The van der Waals surface area contributed by atoms with Crippen LogP contribution in [0.4, 0.5) is 0 Å². The third-order valence-electron chi connectivity index (χ3n) is 5.95. The summed E-state index contributed by atoms with van der Waals surface area (Å²) < 4.78 is 1.89. The maximum absolute atomic E-state index is 3.98. The van der Waals surface area contributed by atoms with Gasteiger partial charge in [0.05, 0.1) is 19.0 Å². The Morgan fingerprint density at radius 3 is 1.29 bits per heavy atom. The van der Waals surface area contributed by atoms with Gasteiger partial charge >= 0.3 is 0 Å². The summed E-state index contributed by atoms with van der Waals surface area (Å²) in [5.74, 6) is 0.968. The van der Waals surface area contributed by atoms with Gasteiger partial charge in [0.25, 0.3) is 0 Å². The van der Waals surface area contributed by atoms with Gasteiger partial charge in [-0.2, -0.15) is 0 Å². The minimum Gasteiger partial charge on any atom is -0.349 e.